The average Bonchev–Trinajstić information content (AvgIpc) is 2.92. The highest BCUT2D eigenvalue weighted by molar-refractivity contribution is 5.85. The van der Waals surface area contributed by atoms with Crippen molar-refractivity contribution in [3.8, 4) is 0 Å². The number of aliphatic hydroxyl groups excluding tert-OH is 1. The number of halogens is 1. The quantitative estimate of drug-likeness (QED) is 0.874. The molecule has 1 aliphatic rings. The van der Waals surface area contributed by atoms with Gasteiger partial charge in [-0.1, -0.05) is 29.9 Å². The molecule has 2 atom stereocenters. The van der Waals surface area contributed by atoms with Gasteiger partial charge in [0.05, 0.1) is 12.1 Å². The Balaban J connectivity index is 0.00000192. The van der Waals surface area contributed by atoms with Crippen molar-refractivity contribution in [2.75, 3.05) is 13.6 Å². The summed E-state index contributed by atoms with van der Waals surface area (Å²) < 4.78 is 2.22. The van der Waals surface area contributed by atoms with Crippen LogP contribution in [0.2, 0.25) is 0 Å². The summed E-state index contributed by atoms with van der Waals surface area (Å²) >= 11 is 0. The summed E-state index contributed by atoms with van der Waals surface area (Å²) in [5.41, 5.74) is 3.74. The van der Waals surface area contributed by atoms with E-state index < -0.39 is 6.10 Å². The van der Waals surface area contributed by atoms with Gasteiger partial charge in [-0.05, 0) is 56.0 Å². The van der Waals surface area contributed by atoms with E-state index in [1.54, 1.807) is 0 Å². The first kappa shape index (κ1) is 17.8. The van der Waals surface area contributed by atoms with Gasteiger partial charge in [-0.3, -0.25) is 0 Å². The van der Waals surface area contributed by atoms with Crippen LogP contribution < -0.4 is 5.32 Å². The molecule has 124 valence electrons. The van der Waals surface area contributed by atoms with Crippen molar-refractivity contribution in [3.63, 3.8) is 0 Å². The maximum absolute atomic E-state index is 10.7. The number of benzene rings is 1. The molecule has 0 fully saturated rings. The van der Waals surface area contributed by atoms with Gasteiger partial charge < -0.3 is 15.0 Å². The predicted octanol–water partition coefficient (Wildman–Crippen LogP) is 3.77. The molecule has 0 saturated carbocycles. The monoisotopic (exact) mass is 332 g/mol. The first-order chi connectivity index (χ1) is 10.7. The molecule has 0 radical (unpaired) electrons. The maximum atomic E-state index is 10.7. The lowest BCUT2D eigenvalue weighted by atomic mass is 9.93. The molecule has 23 heavy (non-hydrogen) atoms. The predicted molar refractivity (Wildman–Crippen MR) is 99.4 cm³/mol. The van der Waals surface area contributed by atoms with E-state index in [4.69, 9.17) is 0 Å². The van der Waals surface area contributed by atoms with Crippen LogP contribution >= 0.6 is 12.4 Å². The molecule has 2 aromatic rings. The highest BCUT2D eigenvalue weighted by Gasteiger charge is 2.25. The zero-order valence-corrected chi connectivity index (χ0v) is 14.5. The first-order valence-electron chi connectivity index (χ1n) is 7.96. The third-order valence-electron chi connectivity index (χ3n) is 4.38. The Morgan fingerprint density at radius 2 is 2.13 bits per heavy atom. The minimum absolute atomic E-state index is 0. The van der Waals surface area contributed by atoms with Gasteiger partial charge in [-0.15, -0.1) is 12.4 Å². The number of nitrogens with zero attached hydrogens (tertiary/aromatic N) is 1. The Hall–Kier alpha value is -1.55. The van der Waals surface area contributed by atoms with Crippen molar-refractivity contribution in [1.82, 2.24) is 9.88 Å². The number of aryl methyl sites for hydroxylation is 1. The molecule has 1 unspecified atom stereocenters. The van der Waals surface area contributed by atoms with Gasteiger partial charge in [0.2, 0.25) is 0 Å². The molecule has 0 amide bonds. The largest absolute Gasteiger partial charge is 0.389 e. The minimum Gasteiger partial charge on any atom is -0.389 e. The van der Waals surface area contributed by atoms with Gasteiger partial charge >= 0.3 is 0 Å². The first-order valence-corrected chi connectivity index (χ1v) is 7.96. The molecule has 0 bridgehead atoms. The Bertz CT molecular complexity index is 717. The topological polar surface area (TPSA) is 37.2 Å². The highest BCUT2D eigenvalue weighted by atomic mass is 35.5. The third-order valence-corrected chi connectivity index (χ3v) is 4.38. The Morgan fingerprint density at radius 3 is 2.83 bits per heavy atom. The smallest absolute Gasteiger partial charge is 0.0909 e. The molecular weight excluding hydrogens is 308 g/mol. The van der Waals surface area contributed by atoms with E-state index in [1.165, 1.54) is 22.0 Å². The van der Waals surface area contributed by atoms with Gasteiger partial charge in [0.15, 0.2) is 0 Å². The SMILES string of the molecule is CNCC(O)[C@H](C1=CC=CCC1)n1ccc2cc(C)ccc21.Cl. The summed E-state index contributed by atoms with van der Waals surface area (Å²) in [6.07, 6.45) is 10.2. The zero-order valence-electron chi connectivity index (χ0n) is 13.7. The molecule has 0 saturated heterocycles. The fourth-order valence-electron chi connectivity index (χ4n) is 3.33. The second kappa shape index (κ2) is 7.82. The van der Waals surface area contributed by atoms with Crippen LogP contribution in [-0.4, -0.2) is 29.4 Å². The summed E-state index contributed by atoms with van der Waals surface area (Å²) in [6.45, 7) is 2.69. The van der Waals surface area contributed by atoms with E-state index in [-0.39, 0.29) is 18.4 Å². The van der Waals surface area contributed by atoms with Crippen LogP contribution in [0, 0.1) is 6.92 Å². The zero-order chi connectivity index (χ0) is 15.5. The summed E-state index contributed by atoms with van der Waals surface area (Å²) in [6, 6.07) is 8.61. The van der Waals surface area contributed by atoms with E-state index >= 15 is 0 Å². The van der Waals surface area contributed by atoms with Crippen LogP contribution in [0.1, 0.15) is 24.4 Å². The van der Waals surface area contributed by atoms with Crippen molar-refractivity contribution >= 4 is 23.3 Å². The van der Waals surface area contributed by atoms with Crippen LogP contribution in [-0.2, 0) is 0 Å². The number of likely N-dealkylation sites (N-methyl/N-ethyl adjacent to an activating group) is 1. The van der Waals surface area contributed by atoms with E-state index in [0.717, 1.165) is 12.8 Å². The molecule has 1 aromatic carbocycles. The summed E-state index contributed by atoms with van der Waals surface area (Å²) in [5, 5.41) is 15.0. The Labute approximate surface area is 144 Å². The number of hydrogen-bond acceptors (Lipinski definition) is 2. The fraction of sp³-hybridized carbons (Fsp3) is 0.368. The number of aliphatic hydroxyl groups is 1. The number of rotatable bonds is 5. The molecule has 0 aliphatic heterocycles. The number of hydrogen-bond donors (Lipinski definition) is 2. The van der Waals surface area contributed by atoms with E-state index in [2.05, 4.69) is 65.5 Å². The average molecular weight is 333 g/mol. The number of allylic oxidation sites excluding steroid dienone is 3. The van der Waals surface area contributed by atoms with Crippen LogP contribution in [0.3, 0.4) is 0 Å². The summed E-state index contributed by atoms with van der Waals surface area (Å²) in [4.78, 5) is 0. The second-order valence-electron chi connectivity index (χ2n) is 6.06. The van der Waals surface area contributed by atoms with Crippen LogP contribution in [0.5, 0.6) is 0 Å². The lowest BCUT2D eigenvalue weighted by molar-refractivity contribution is 0.129. The lowest BCUT2D eigenvalue weighted by Crippen LogP contribution is -2.34. The van der Waals surface area contributed by atoms with Crippen LogP contribution in [0.25, 0.3) is 10.9 Å². The fourth-order valence-corrected chi connectivity index (χ4v) is 3.33. The van der Waals surface area contributed by atoms with Crippen LogP contribution in [0.15, 0.2) is 54.3 Å². The van der Waals surface area contributed by atoms with E-state index in [9.17, 15) is 5.11 Å². The minimum atomic E-state index is -0.445. The lowest BCUT2D eigenvalue weighted by Gasteiger charge is -2.29. The third kappa shape index (κ3) is 3.69. The molecule has 0 spiro atoms. The molecule has 1 heterocycles. The molecule has 1 aliphatic carbocycles. The Kier molecular flexibility index (Phi) is 6.05. The second-order valence-corrected chi connectivity index (χ2v) is 6.06. The molecule has 3 rings (SSSR count). The summed E-state index contributed by atoms with van der Waals surface area (Å²) in [7, 11) is 1.88. The molecular formula is C19H25ClN2O. The number of fused-ring (bicyclic) bond motifs is 1. The normalized spacial score (nSPS) is 16.7. The van der Waals surface area contributed by atoms with Crippen molar-refractivity contribution < 1.29 is 5.11 Å². The number of aromatic nitrogens is 1. The van der Waals surface area contributed by atoms with Crippen molar-refractivity contribution in [2.24, 2.45) is 0 Å². The van der Waals surface area contributed by atoms with E-state index in [0.29, 0.717) is 6.54 Å². The van der Waals surface area contributed by atoms with Gasteiger partial charge in [-0.25, -0.2) is 0 Å². The molecule has 3 nitrogen and oxygen atoms in total. The van der Waals surface area contributed by atoms with Crippen molar-refractivity contribution in [2.45, 2.75) is 31.9 Å². The molecule has 2 N–H and O–H groups in total. The van der Waals surface area contributed by atoms with Crippen LogP contribution in [0.4, 0.5) is 0 Å². The highest BCUT2D eigenvalue weighted by Crippen LogP contribution is 2.32. The standard InChI is InChI=1S/C19H24N2O.ClH/c1-14-8-9-17-16(12-14)10-11-21(17)19(18(22)13-20-2)15-6-4-3-5-7-15;/h3-4,6,8-12,18-20,22H,5,7,13H2,1-2H3;1H/t18?,19-;/m0./s1. The maximum Gasteiger partial charge on any atom is 0.0909 e. The summed E-state index contributed by atoms with van der Waals surface area (Å²) in [5.74, 6) is 0. The van der Waals surface area contributed by atoms with Gasteiger partial charge in [0.25, 0.3) is 0 Å². The van der Waals surface area contributed by atoms with Crippen molar-refractivity contribution in [3.05, 3.63) is 59.8 Å². The van der Waals surface area contributed by atoms with Gasteiger partial charge in [0.1, 0.15) is 0 Å². The van der Waals surface area contributed by atoms with E-state index in [1.807, 2.05) is 7.05 Å². The molecule has 1 aromatic heterocycles. The number of nitrogens with one attached hydrogen (secondary N) is 1. The Morgan fingerprint density at radius 1 is 1.30 bits per heavy atom. The van der Waals surface area contributed by atoms with Crippen molar-refractivity contribution in [1.29, 1.82) is 0 Å². The van der Waals surface area contributed by atoms with Gasteiger partial charge in [-0.2, -0.15) is 0 Å². The van der Waals surface area contributed by atoms with Gasteiger partial charge in [0, 0.05) is 18.3 Å². The molecule has 4 heteroatoms.